The Bertz CT molecular complexity index is 593. The minimum Gasteiger partial charge on any atom is -0.496 e. The van der Waals surface area contributed by atoms with Crippen molar-refractivity contribution in [3.05, 3.63) is 63.1 Å². The fourth-order valence-corrected chi connectivity index (χ4v) is 2.60. The number of methoxy groups -OCH3 is 1. The molecule has 0 aliphatic carbocycles. The van der Waals surface area contributed by atoms with Gasteiger partial charge in [-0.1, -0.05) is 28.1 Å². The van der Waals surface area contributed by atoms with Gasteiger partial charge in [0.05, 0.1) is 7.11 Å². The van der Waals surface area contributed by atoms with E-state index < -0.39 is 6.10 Å². The van der Waals surface area contributed by atoms with Crippen LogP contribution < -0.4 is 4.74 Å². The predicted molar refractivity (Wildman–Crippen MR) is 80.7 cm³/mol. The first-order chi connectivity index (χ1) is 9.02. The van der Waals surface area contributed by atoms with Crippen LogP contribution in [0, 0.1) is 13.8 Å². The van der Waals surface area contributed by atoms with E-state index in [1.54, 1.807) is 7.11 Å². The van der Waals surface area contributed by atoms with Gasteiger partial charge < -0.3 is 9.84 Å². The van der Waals surface area contributed by atoms with E-state index >= 15 is 0 Å². The molecule has 1 N–H and O–H groups in total. The number of ether oxygens (including phenoxy) is 1. The van der Waals surface area contributed by atoms with Crippen molar-refractivity contribution >= 4 is 15.9 Å². The summed E-state index contributed by atoms with van der Waals surface area (Å²) in [5, 5.41) is 10.5. The highest BCUT2D eigenvalue weighted by Crippen LogP contribution is 2.31. The summed E-state index contributed by atoms with van der Waals surface area (Å²) in [5.74, 6) is 0.850. The van der Waals surface area contributed by atoms with Crippen LogP contribution in [-0.2, 0) is 0 Å². The third-order valence-electron chi connectivity index (χ3n) is 3.24. The third kappa shape index (κ3) is 2.99. The molecular weight excluding hydrogens is 304 g/mol. The van der Waals surface area contributed by atoms with E-state index in [0.29, 0.717) is 0 Å². The molecule has 0 radical (unpaired) electrons. The summed E-state index contributed by atoms with van der Waals surface area (Å²) in [4.78, 5) is 0. The lowest BCUT2D eigenvalue weighted by Gasteiger charge is -2.17. The maximum Gasteiger partial charge on any atom is 0.122 e. The van der Waals surface area contributed by atoms with Gasteiger partial charge in [-0.05, 0) is 60.4 Å². The van der Waals surface area contributed by atoms with Gasteiger partial charge in [0.25, 0.3) is 0 Å². The lowest BCUT2D eigenvalue weighted by Crippen LogP contribution is -2.03. The first kappa shape index (κ1) is 14.1. The van der Waals surface area contributed by atoms with Crippen LogP contribution in [0.1, 0.15) is 28.4 Å². The van der Waals surface area contributed by atoms with Crippen molar-refractivity contribution in [3.63, 3.8) is 0 Å². The van der Waals surface area contributed by atoms with Gasteiger partial charge in [0.15, 0.2) is 0 Å². The highest BCUT2D eigenvalue weighted by molar-refractivity contribution is 9.10. The zero-order valence-corrected chi connectivity index (χ0v) is 12.9. The zero-order chi connectivity index (χ0) is 14.0. The summed E-state index contributed by atoms with van der Waals surface area (Å²) in [7, 11) is 1.66. The van der Waals surface area contributed by atoms with E-state index in [0.717, 1.165) is 32.5 Å². The number of aliphatic hydroxyl groups is 1. The van der Waals surface area contributed by atoms with Crippen LogP contribution in [0.3, 0.4) is 0 Å². The highest BCUT2D eigenvalue weighted by atomic mass is 79.9. The number of hydrogen-bond acceptors (Lipinski definition) is 2. The maximum atomic E-state index is 10.5. The molecule has 2 nitrogen and oxygen atoms in total. The van der Waals surface area contributed by atoms with Gasteiger partial charge in [-0.3, -0.25) is 0 Å². The second-order valence-electron chi connectivity index (χ2n) is 4.64. The van der Waals surface area contributed by atoms with Crippen molar-refractivity contribution in [2.75, 3.05) is 7.11 Å². The van der Waals surface area contributed by atoms with Crippen LogP contribution in [-0.4, -0.2) is 12.2 Å². The average molecular weight is 321 g/mol. The number of aryl methyl sites for hydroxylation is 2. The fraction of sp³-hybridized carbons (Fsp3) is 0.250. The molecule has 2 aromatic rings. The lowest BCUT2D eigenvalue weighted by molar-refractivity contribution is 0.219. The topological polar surface area (TPSA) is 29.5 Å². The Kier molecular flexibility index (Phi) is 4.27. The van der Waals surface area contributed by atoms with Gasteiger partial charge in [-0.2, -0.15) is 0 Å². The SMILES string of the molecule is COc1cc(C)c(C(O)c2cccc(Br)c2)cc1C. The Morgan fingerprint density at radius 1 is 1.11 bits per heavy atom. The molecule has 0 heterocycles. The van der Waals surface area contributed by atoms with E-state index in [2.05, 4.69) is 15.9 Å². The molecule has 0 fully saturated rings. The number of rotatable bonds is 3. The van der Waals surface area contributed by atoms with E-state index in [1.807, 2.05) is 50.2 Å². The molecule has 0 aliphatic heterocycles. The van der Waals surface area contributed by atoms with Crippen LogP contribution in [0.25, 0.3) is 0 Å². The van der Waals surface area contributed by atoms with Crippen molar-refractivity contribution in [1.82, 2.24) is 0 Å². The molecule has 0 bridgehead atoms. The molecular formula is C16H17BrO2. The average Bonchev–Trinajstić information content (AvgIpc) is 2.40. The quantitative estimate of drug-likeness (QED) is 0.920. The summed E-state index contributed by atoms with van der Waals surface area (Å²) in [5.41, 5.74) is 3.84. The smallest absolute Gasteiger partial charge is 0.122 e. The fourth-order valence-electron chi connectivity index (χ4n) is 2.18. The lowest BCUT2D eigenvalue weighted by atomic mass is 9.95. The van der Waals surface area contributed by atoms with Crippen molar-refractivity contribution in [3.8, 4) is 5.75 Å². The molecule has 100 valence electrons. The molecule has 2 aromatic carbocycles. The first-order valence-electron chi connectivity index (χ1n) is 6.11. The van der Waals surface area contributed by atoms with Gasteiger partial charge in [0.2, 0.25) is 0 Å². The third-order valence-corrected chi connectivity index (χ3v) is 3.74. The first-order valence-corrected chi connectivity index (χ1v) is 6.91. The molecule has 0 aliphatic rings. The zero-order valence-electron chi connectivity index (χ0n) is 11.3. The van der Waals surface area contributed by atoms with Crippen LogP contribution in [0.15, 0.2) is 40.9 Å². The van der Waals surface area contributed by atoms with E-state index in [9.17, 15) is 5.11 Å². The van der Waals surface area contributed by atoms with Gasteiger partial charge in [-0.15, -0.1) is 0 Å². The Morgan fingerprint density at radius 3 is 2.47 bits per heavy atom. The second-order valence-corrected chi connectivity index (χ2v) is 5.55. The summed E-state index contributed by atoms with van der Waals surface area (Å²) in [6, 6.07) is 11.7. The summed E-state index contributed by atoms with van der Waals surface area (Å²) < 4.78 is 6.26. The maximum absolute atomic E-state index is 10.5. The number of benzene rings is 2. The van der Waals surface area contributed by atoms with E-state index in [-0.39, 0.29) is 0 Å². The standard InChI is InChI=1S/C16H17BrO2/c1-10-8-15(19-3)11(2)7-14(10)16(18)12-5-4-6-13(17)9-12/h4-9,16,18H,1-3H3. The Balaban J connectivity index is 2.44. The molecule has 0 amide bonds. The molecule has 1 unspecified atom stereocenters. The van der Waals surface area contributed by atoms with E-state index in [4.69, 9.17) is 4.74 Å². The molecule has 19 heavy (non-hydrogen) atoms. The van der Waals surface area contributed by atoms with Crippen molar-refractivity contribution < 1.29 is 9.84 Å². The Labute approximate surface area is 122 Å². The molecule has 0 saturated carbocycles. The van der Waals surface area contributed by atoms with E-state index in [1.165, 1.54) is 0 Å². The molecule has 0 saturated heterocycles. The normalized spacial score (nSPS) is 12.3. The monoisotopic (exact) mass is 320 g/mol. The number of hydrogen-bond donors (Lipinski definition) is 1. The minimum absolute atomic E-state index is 0.623. The molecule has 2 rings (SSSR count). The molecule has 0 aromatic heterocycles. The Morgan fingerprint density at radius 2 is 1.84 bits per heavy atom. The van der Waals surface area contributed by atoms with Crippen LogP contribution >= 0.6 is 15.9 Å². The molecule has 3 heteroatoms. The van der Waals surface area contributed by atoms with Gasteiger partial charge >= 0.3 is 0 Å². The van der Waals surface area contributed by atoms with Gasteiger partial charge in [0.1, 0.15) is 11.9 Å². The molecule has 0 spiro atoms. The van der Waals surface area contributed by atoms with Crippen LogP contribution in [0.2, 0.25) is 0 Å². The van der Waals surface area contributed by atoms with Gasteiger partial charge in [-0.25, -0.2) is 0 Å². The number of halogens is 1. The predicted octanol–water partition coefficient (Wildman–Crippen LogP) is 4.16. The molecule has 1 atom stereocenters. The largest absolute Gasteiger partial charge is 0.496 e. The van der Waals surface area contributed by atoms with Crippen molar-refractivity contribution in [1.29, 1.82) is 0 Å². The van der Waals surface area contributed by atoms with Crippen molar-refractivity contribution in [2.45, 2.75) is 20.0 Å². The van der Waals surface area contributed by atoms with Crippen LogP contribution in [0.5, 0.6) is 5.75 Å². The minimum atomic E-state index is -0.623. The second kappa shape index (κ2) is 5.76. The summed E-state index contributed by atoms with van der Waals surface area (Å²) in [6.07, 6.45) is -0.623. The Hall–Kier alpha value is -1.32. The highest BCUT2D eigenvalue weighted by Gasteiger charge is 2.15. The van der Waals surface area contributed by atoms with Crippen LogP contribution in [0.4, 0.5) is 0 Å². The van der Waals surface area contributed by atoms with Gasteiger partial charge in [0, 0.05) is 4.47 Å². The summed E-state index contributed by atoms with van der Waals surface area (Å²) in [6.45, 7) is 3.97. The summed E-state index contributed by atoms with van der Waals surface area (Å²) >= 11 is 3.43. The van der Waals surface area contributed by atoms with Crippen molar-refractivity contribution in [2.24, 2.45) is 0 Å². The number of aliphatic hydroxyl groups excluding tert-OH is 1.